The van der Waals surface area contributed by atoms with E-state index in [4.69, 9.17) is 10.8 Å². The van der Waals surface area contributed by atoms with Gasteiger partial charge in [0.2, 0.25) is 0 Å². The summed E-state index contributed by atoms with van der Waals surface area (Å²) >= 11 is 6.66. The fraction of sp³-hybridized carbons (Fsp3) is 0.222. The molecule has 1 rings (SSSR count). The maximum atomic E-state index is 10.4. The highest BCUT2D eigenvalue weighted by atomic mass is 79.9. The molecular weight excluding hydrogens is 314 g/mol. The second-order valence-electron chi connectivity index (χ2n) is 2.88. The highest BCUT2D eigenvalue weighted by Gasteiger charge is 2.11. The van der Waals surface area contributed by atoms with E-state index in [2.05, 4.69) is 31.9 Å². The molecule has 0 aliphatic rings. The van der Waals surface area contributed by atoms with Crippen molar-refractivity contribution in [3.05, 3.63) is 32.7 Å². The van der Waals surface area contributed by atoms with Gasteiger partial charge in [0.1, 0.15) is 0 Å². The van der Waals surface area contributed by atoms with E-state index in [9.17, 15) is 4.79 Å². The van der Waals surface area contributed by atoms with Gasteiger partial charge in [-0.3, -0.25) is 4.79 Å². The molecule has 1 aromatic rings. The first-order valence-electron chi connectivity index (χ1n) is 3.93. The Hall–Kier alpha value is -0.390. The molecule has 0 aliphatic heterocycles. The first kappa shape index (κ1) is 11.7. The van der Waals surface area contributed by atoms with Crippen LogP contribution in [-0.4, -0.2) is 11.1 Å². The van der Waals surface area contributed by atoms with Gasteiger partial charge in [-0.1, -0.05) is 6.07 Å². The van der Waals surface area contributed by atoms with Crippen LogP contribution in [0.15, 0.2) is 27.1 Å². The minimum absolute atomic E-state index is 0.0614. The van der Waals surface area contributed by atoms with Crippen molar-refractivity contribution in [2.45, 2.75) is 12.5 Å². The summed E-state index contributed by atoms with van der Waals surface area (Å²) in [5, 5.41) is 8.57. The highest BCUT2D eigenvalue weighted by Crippen LogP contribution is 2.26. The standard InChI is InChI=1S/C9H9Br2NO2/c10-6-2-1-5(3-7(6)11)8(12)4-9(13)14/h1-3,8H,4,12H2,(H,13,14)/t8-/m0/s1. The predicted molar refractivity (Wildman–Crippen MR) is 61.0 cm³/mol. The topological polar surface area (TPSA) is 63.3 Å². The Morgan fingerprint density at radius 1 is 1.43 bits per heavy atom. The van der Waals surface area contributed by atoms with Crippen LogP contribution in [0.4, 0.5) is 0 Å². The number of rotatable bonds is 3. The van der Waals surface area contributed by atoms with Crippen molar-refractivity contribution in [3.63, 3.8) is 0 Å². The molecule has 76 valence electrons. The van der Waals surface area contributed by atoms with Crippen molar-refractivity contribution in [1.29, 1.82) is 0 Å². The SMILES string of the molecule is N[C@@H](CC(=O)O)c1ccc(Br)c(Br)c1. The van der Waals surface area contributed by atoms with E-state index in [1.54, 1.807) is 0 Å². The van der Waals surface area contributed by atoms with Gasteiger partial charge in [-0.05, 0) is 49.6 Å². The molecule has 5 heteroatoms. The maximum Gasteiger partial charge on any atom is 0.305 e. The third-order valence-electron chi connectivity index (χ3n) is 1.77. The number of halogens is 2. The molecule has 0 aliphatic carbocycles. The van der Waals surface area contributed by atoms with Gasteiger partial charge in [-0.15, -0.1) is 0 Å². The average Bonchev–Trinajstić information content (AvgIpc) is 2.08. The lowest BCUT2D eigenvalue weighted by atomic mass is 10.1. The van der Waals surface area contributed by atoms with Crippen LogP contribution in [0.25, 0.3) is 0 Å². The third-order valence-corrected chi connectivity index (χ3v) is 3.65. The van der Waals surface area contributed by atoms with Gasteiger partial charge in [0.05, 0.1) is 6.42 Å². The summed E-state index contributed by atoms with van der Waals surface area (Å²) in [6.07, 6.45) is -0.0614. The van der Waals surface area contributed by atoms with E-state index >= 15 is 0 Å². The van der Waals surface area contributed by atoms with Crippen molar-refractivity contribution in [2.24, 2.45) is 5.73 Å². The van der Waals surface area contributed by atoms with Crippen LogP contribution in [0.3, 0.4) is 0 Å². The summed E-state index contributed by atoms with van der Waals surface area (Å²) in [7, 11) is 0. The van der Waals surface area contributed by atoms with Crippen molar-refractivity contribution in [3.8, 4) is 0 Å². The number of benzene rings is 1. The lowest BCUT2D eigenvalue weighted by molar-refractivity contribution is -0.137. The minimum Gasteiger partial charge on any atom is -0.481 e. The lowest BCUT2D eigenvalue weighted by Crippen LogP contribution is -2.14. The second-order valence-corrected chi connectivity index (χ2v) is 4.59. The Bertz CT molecular complexity index is 355. The van der Waals surface area contributed by atoms with Gasteiger partial charge in [-0.25, -0.2) is 0 Å². The van der Waals surface area contributed by atoms with Gasteiger partial charge in [0, 0.05) is 15.0 Å². The highest BCUT2D eigenvalue weighted by molar-refractivity contribution is 9.13. The number of hydrogen-bond donors (Lipinski definition) is 2. The monoisotopic (exact) mass is 321 g/mol. The molecule has 1 aromatic carbocycles. The van der Waals surface area contributed by atoms with E-state index in [1.807, 2.05) is 18.2 Å². The van der Waals surface area contributed by atoms with Crippen LogP contribution in [0.1, 0.15) is 18.0 Å². The summed E-state index contributed by atoms with van der Waals surface area (Å²) in [5.41, 5.74) is 6.51. The molecule has 0 unspecified atom stereocenters. The first-order valence-corrected chi connectivity index (χ1v) is 5.51. The summed E-state index contributed by atoms with van der Waals surface area (Å²) < 4.78 is 1.79. The normalized spacial score (nSPS) is 12.5. The van der Waals surface area contributed by atoms with Crippen molar-refractivity contribution in [2.75, 3.05) is 0 Å². The maximum absolute atomic E-state index is 10.4. The molecule has 0 saturated carbocycles. The lowest BCUT2D eigenvalue weighted by Gasteiger charge is -2.10. The average molecular weight is 323 g/mol. The molecule has 3 N–H and O–H groups in total. The van der Waals surface area contributed by atoms with Gasteiger partial charge >= 0.3 is 5.97 Å². The zero-order chi connectivity index (χ0) is 10.7. The molecule has 0 radical (unpaired) electrons. The molecule has 3 nitrogen and oxygen atoms in total. The summed E-state index contributed by atoms with van der Waals surface area (Å²) in [6.45, 7) is 0. The van der Waals surface area contributed by atoms with E-state index < -0.39 is 12.0 Å². The zero-order valence-corrected chi connectivity index (χ0v) is 10.4. The van der Waals surface area contributed by atoms with Crippen molar-refractivity contribution in [1.82, 2.24) is 0 Å². The quantitative estimate of drug-likeness (QED) is 0.899. The number of aliphatic carboxylic acids is 1. The molecule has 0 spiro atoms. The fourth-order valence-electron chi connectivity index (χ4n) is 1.05. The summed E-state index contributed by atoms with van der Waals surface area (Å²) in [6, 6.07) is 5.00. The van der Waals surface area contributed by atoms with Crippen LogP contribution >= 0.6 is 31.9 Å². The third kappa shape index (κ3) is 3.08. The molecule has 0 fully saturated rings. The Morgan fingerprint density at radius 3 is 2.57 bits per heavy atom. The number of carboxylic acid groups (broad SMARTS) is 1. The minimum atomic E-state index is -0.892. The van der Waals surface area contributed by atoms with E-state index in [-0.39, 0.29) is 6.42 Å². The molecule has 0 amide bonds. The predicted octanol–water partition coefficient (Wildman–Crippen LogP) is 2.69. The molecule has 0 saturated heterocycles. The number of nitrogens with two attached hydrogens (primary N) is 1. The van der Waals surface area contributed by atoms with Gasteiger partial charge in [-0.2, -0.15) is 0 Å². The van der Waals surface area contributed by atoms with Crippen LogP contribution < -0.4 is 5.73 Å². The molecule has 0 aromatic heterocycles. The fourth-order valence-corrected chi connectivity index (χ4v) is 1.69. The molecule has 14 heavy (non-hydrogen) atoms. The van der Waals surface area contributed by atoms with Gasteiger partial charge in [0.15, 0.2) is 0 Å². The molecule has 0 bridgehead atoms. The Morgan fingerprint density at radius 2 is 2.07 bits per heavy atom. The van der Waals surface area contributed by atoms with Gasteiger partial charge in [0.25, 0.3) is 0 Å². The van der Waals surface area contributed by atoms with Gasteiger partial charge < -0.3 is 10.8 Å². The number of hydrogen-bond acceptors (Lipinski definition) is 2. The van der Waals surface area contributed by atoms with E-state index in [0.717, 1.165) is 14.5 Å². The van der Waals surface area contributed by atoms with Crippen molar-refractivity contribution < 1.29 is 9.90 Å². The Kier molecular flexibility index (Phi) is 4.10. The molecule has 1 atom stereocenters. The van der Waals surface area contributed by atoms with E-state index in [0.29, 0.717) is 0 Å². The van der Waals surface area contributed by atoms with Crippen LogP contribution in [0.5, 0.6) is 0 Å². The van der Waals surface area contributed by atoms with E-state index in [1.165, 1.54) is 0 Å². The first-order chi connectivity index (χ1) is 6.50. The largest absolute Gasteiger partial charge is 0.481 e. The molecule has 0 heterocycles. The smallest absolute Gasteiger partial charge is 0.305 e. The molecular formula is C9H9Br2NO2. The summed E-state index contributed by atoms with van der Waals surface area (Å²) in [4.78, 5) is 10.4. The summed E-state index contributed by atoms with van der Waals surface area (Å²) in [5.74, 6) is -0.892. The Balaban J connectivity index is 2.85. The number of carboxylic acids is 1. The number of carbonyl (C=O) groups is 1. The van der Waals surface area contributed by atoms with Crippen LogP contribution in [-0.2, 0) is 4.79 Å². The van der Waals surface area contributed by atoms with Crippen molar-refractivity contribution >= 4 is 37.8 Å². The van der Waals surface area contributed by atoms with Crippen LogP contribution in [0, 0.1) is 0 Å². The zero-order valence-electron chi connectivity index (χ0n) is 7.21. The Labute approximate surface area is 98.6 Å². The second kappa shape index (κ2) is 4.91. The van der Waals surface area contributed by atoms with Crippen LogP contribution in [0.2, 0.25) is 0 Å².